The van der Waals surface area contributed by atoms with Gasteiger partial charge in [-0.3, -0.25) is 14.5 Å². The summed E-state index contributed by atoms with van der Waals surface area (Å²) in [4.78, 5) is 29.4. The highest BCUT2D eigenvalue weighted by molar-refractivity contribution is 6.01. The van der Waals surface area contributed by atoms with E-state index in [1.54, 1.807) is 12.4 Å². The highest BCUT2D eigenvalue weighted by Gasteiger charge is 2.32. The van der Waals surface area contributed by atoms with Crippen LogP contribution in [0.15, 0.2) is 48.8 Å². The van der Waals surface area contributed by atoms with E-state index in [-0.39, 0.29) is 17.7 Å². The molecule has 2 N–H and O–H groups in total. The van der Waals surface area contributed by atoms with E-state index >= 15 is 0 Å². The van der Waals surface area contributed by atoms with Gasteiger partial charge in [0.15, 0.2) is 12.4 Å². The smallest absolute Gasteiger partial charge is 0.268 e. The molecule has 8 heteroatoms. The summed E-state index contributed by atoms with van der Waals surface area (Å²) in [6, 6.07) is 11.0. The first-order valence-corrected chi connectivity index (χ1v) is 14.1. The van der Waals surface area contributed by atoms with Gasteiger partial charge < -0.3 is 20.4 Å². The van der Waals surface area contributed by atoms with Gasteiger partial charge in [0, 0.05) is 42.1 Å². The Morgan fingerprint density at radius 3 is 2.28 bits per heavy atom. The minimum Gasteiger partial charge on any atom is -0.619 e. The van der Waals surface area contributed by atoms with Gasteiger partial charge in [0.25, 0.3) is 5.91 Å². The van der Waals surface area contributed by atoms with E-state index < -0.39 is 6.04 Å². The number of aromatic nitrogens is 2. The monoisotopic (exact) mass is 529 g/mol. The lowest BCUT2D eigenvalue weighted by Gasteiger charge is -2.28. The number of aryl methyl sites for hydroxylation is 2. The summed E-state index contributed by atoms with van der Waals surface area (Å²) in [6.07, 6.45) is 9.49. The molecule has 3 heterocycles. The van der Waals surface area contributed by atoms with E-state index in [4.69, 9.17) is 0 Å². The fraction of sp³-hybridized carbons (Fsp3) is 0.452. The van der Waals surface area contributed by atoms with Crippen LogP contribution in [0.5, 0.6) is 0 Å². The number of hydrogen-bond donors (Lipinski definition) is 2. The fourth-order valence-electron chi connectivity index (χ4n) is 6.25. The van der Waals surface area contributed by atoms with Gasteiger partial charge in [-0.05, 0) is 75.0 Å². The second-order valence-corrected chi connectivity index (χ2v) is 11.2. The Labute approximate surface area is 230 Å². The van der Waals surface area contributed by atoms with Crippen LogP contribution in [0.4, 0.5) is 5.69 Å². The van der Waals surface area contributed by atoms with E-state index in [0.717, 1.165) is 78.0 Å². The zero-order valence-corrected chi connectivity index (χ0v) is 23.2. The number of carbonyl (C=O) groups excluding carboxylic acids is 2. The van der Waals surface area contributed by atoms with E-state index in [1.807, 2.05) is 50.2 Å². The number of hydrogen-bond acceptors (Lipinski definition) is 4. The molecule has 206 valence electrons. The normalized spacial score (nSPS) is 17.2. The van der Waals surface area contributed by atoms with Crippen molar-refractivity contribution in [3.8, 4) is 11.1 Å². The first-order valence-electron chi connectivity index (χ1n) is 14.1. The van der Waals surface area contributed by atoms with Crippen LogP contribution in [0.25, 0.3) is 11.1 Å². The van der Waals surface area contributed by atoms with E-state index in [0.29, 0.717) is 11.4 Å². The van der Waals surface area contributed by atoms with E-state index in [2.05, 4.69) is 27.1 Å². The van der Waals surface area contributed by atoms with Gasteiger partial charge in [0.1, 0.15) is 11.7 Å². The maximum Gasteiger partial charge on any atom is 0.268 e. The van der Waals surface area contributed by atoms with Crippen LogP contribution in [0.2, 0.25) is 0 Å². The van der Waals surface area contributed by atoms with Crippen LogP contribution in [-0.2, 0) is 17.9 Å². The zero-order chi connectivity index (χ0) is 27.5. The molecule has 0 spiro atoms. The van der Waals surface area contributed by atoms with Gasteiger partial charge in [0.05, 0.1) is 0 Å². The third-order valence-electron chi connectivity index (χ3n) is 8.25. The van der Waals surface area contributed by atoms with Crippen molar-refractivity contribution in [1.29, 1.82) is 0 Å². The number of anilines is 1. The number of fused-ring (bicyclic) bond motifs is 1. The maximum absolute atomic E-state index is 13.7. The predicted octanol–water partition coefficient (Wildman–Crippen LogP) is 4.56. The van der Waals surface area contributed by atoms with Crippen LogP contribution >= 0.6 is 0 Å². The lowest BCUT2D eigenvalue weighted by Crippen LogP contribution is -2.49. The molecule has 1 aliphatic carbocycles. The van der Waals surface area contributed by atoms with Crippen molar-refractivity contribution in [2.45, 2.75) is 71.5 Å². The molecule has 0 radical (unpaired) electrons. The van der Waals surface area contributed by atoms with Gasteiger partial charge in [-0.25, -0.2) is 0 Å². The summed E-state index contributed by atoms with van der Waals surface area (Å²) in [5.74, 6) is -0.255. The third kappa shape index (κ3) is 6.01. The van der Waals surface area contributed by atoms with E-state index in [9.17, 15) is 14.8 Å². The molecule has 1 aromatic carbocycles. The zero-order valence-electron chi connectivity index (χ0n) is 23.2. The topological polar surface area (TPSA) is 93.3 Å². The Bertz CT molecular complexity index is 1320. The Balaban J connectivity index is 1.34. The van der Waals surface area contributed by atoms with Crippen LogP contribution in [0.3, 0.4) is 0 Å². The summed E-state index contributed by atoms with van der Waals surface area (Å²) in [5.41, 5.74) is 6.24. The molecule has 3 aromatic rings. The van der Waals surface area contributed by atoms with Crippen molar-refractivity contribution in [1.82, 2.24) is 14.8 Å². The van der Waals surface area contributed by atoms with Gasteiger partial charge in [-0.1, -0.05) is 37.8 Å². The highest BCUT2D eigenvalue weighted by Crippen LogP contribution is 2.29. The molecule has 2 aliphatic rings. The number of carbonyl (C=O) groups is 2. The van der Waals surface area contributed by atoms with Crippen molar-refractivity contribution in [3.05, 3.63) is 76.5 Å². The van der Waals surface area contributed by atoms with Crippen LogP contribution in [0.1, 0.15) is 65.8 Å². The molecule has 0 unspecified atom stereocenters. The Kier molecular flexibility index (Phi) is 8.02. The van der Waals surface area contributed by atoms with Crippen molar-refractivity contribution < 1.29 is 14.3 Å². The largest absolute Gasteiger partial charge is 0.619 e. The molecule has 5 rings (SSSR count). The molecule has 1 saturated carbocycles. The van der Waals surface area contributed by atoms with Crippen molar-refractivity contribution >= 4 is 17.5 Å². The van der Waals surface area contributed by atoms with Crippen LogP contribution < -0.4 is 15.4 Å². The second kappa shape index (κ2) is 11.6. The Morgan fingerprint density at radius 1 is 0.949 bits per heavy atom. The number of rotatable bonds is 6. The molecule has 2 aromatic heterocycles. The standard InChI is InChI=1S/C31H39N5O3/c1-21-18-35(39)19-22(2)28(21)23-10-12-25(13-11-23)32-31(38)29(24-8-6-4-5-7-9-24)33-30(37)27-15-14-26-20-34(3)16-17-36(26)27/h10-15,18-19,24,29H,4-9,16-17,20H2,1-3H3,(H,32,38)(H,33,37)/t29-/m0/s1. The number of pyridine rings is 1. The molecule has 1 aliphatic heterocycles. The van der Waals surface area contributed by atoms with Crippen molar-refractivity contribution in [3.63, 3.8) is 0 Å². The number of benzene rings is 1. The number of amides is 2. The molecule has 1 atom stereocenters. The molecule has 0 bridgehead atoms. The first-order chi connectivity index (χ1) is 18.8. The fourth-order valence-corrected chi connectivity index (χ4v) is 6.25. The quantitative estimate of drug-likeness (QED) is 0.278. The van der Waals surface area contributed by atoms with Gasteiger partial charge >= 0.3 is 0 Å². The Hall–Kier alpha value is -3.65. The molecule has 8 nitrogen and oxygen atoms in total. The number of likely N-dealkylation sites (N-methyl/N-ethyl adjacent to an activating group) is 1. The molecule has 0 saturated heterocycles. The molecule has 39 heavy (non-hydrogen) atoms. The van der Waals surface area contributed by atoms with Gasteiger partial charge in [0.2, 0.25) is 5.91 Å². The predicted molar refractivity (Wildman–Crippen MR) is 152 cm³/mol. The SMILES string of the molecule is Cc1c[n+]([O-])cc(C)c1-c1ccc(NC(=O)[C@@H](NC(=O)c2ccc3n2CCN(C)C3)C2CCCCCC2)cc1. The molecule has 2 amide bonds. The summed E-state index contributed by atoms with van der Waals surface area (Å²) in [6.45, 7) is 6.32. The summed E-state index contributed by atoms with van der Waals surface area (Å²) < 4.78 is 2.91. The van der Waals surface area contributed by atoms with E-state index in [1.165, 1.54) is 12.8 Å². The molecule has 1 fully saturated rings. The average Bonchev–Trinajstić information content (AvgIpc) is 3.12. The minimum absolute atomic E-state index is 0.103. The van der Waals surface area contributed by atoms with Crippen LogP contribution in [-0.4, -0.2) is 40.9 Å². The van der Waals surface area contributed by atoms with Gasteiger partial charge in [-0.15, -0.1) is 0 Å². The average molecular weight is 530 g/mol. The lowest BCUT2D eigenvalue weighted by molar-refractivity contribution is -0.606. The van der Waals surface area contributed by atoms with Crippen molar-refractivity contribution in [2.75, 3.05) is 18.9 Å². The number of nitrogens with zero attached hydrogens (tertiary/aromatic N) is 3. The third-order valence-corrected chi connectivity index (χ3v) is 8.25. The van der Waals surface area contributed by atoms with Crippen molar-refractivity contribution in [2.24, 2.45) is 5.92 Å². The summed E-state index contributed by atoms with van der Waals surface area (Å²) in [5, 5.41) is 18.0. The number of nitrogens with one attached hydrogen (secondary N) is 2. The lowest BCUT2D eigenvalue weighted by atomic mass is 9.91. The molecular formula is C31H39N5O3. The second-order valence-electron chi connectivity index (χ2n) is 11.2. The molecular weight excluding hydrogens is 490 g/mol. The van der Waals surface area contributed by atoms with Gasteiger partial charge in [-0.2, -0.15) is 4.73 Å². The highest BCUT2D eigenvalue weighted by atomic mass is 16.5. The maximum atomic E-state index is 13.7. The van der Waals surface area contributed by atoms with Crippen LogP contribution in [0, 0.1) is 25.0 Å². The first kappa shape index (κ1) is 26.9. The minimum atomic E-state index is -0.598. The summed E-state index contributed by atoms with van der Waals surface area (Å²) >= 11 is 0. The summed E-state index contributed by atoms with van der Waals surface area (Å²) in [7, 11) is 2.08. The Morgan fingerprint density at radius 2 is 1.62 bits per heavy atom.